The predicted octanol–water partition coefficient (Wildman–Crippen LogP) is -0.780. The van der Waals surface area contributed by atoms with Crippen LogP contribution >= 0.6 is 0 Å². The van der Waals surface area contributed by atoms with Gasteiger partial charge in [-0.1, -0.05) is 0 Å². The Morgan fingerprint density at radius 2 is 1.33 bits per heavy atom. The molecule has 1 unspecified atom stereocenters. The fraction of sp³-hybridized carbons (Fsp3) is 1.00. The van der Waals surface area contributed by atoms with Gasteiger partial charge in [0.2, 0.25) is 6.10 Å². The summed E-state index contributed by atoms with van der Waals surface area (Å²) in [6, 6.07) is 0. The monoisotopic (exact) mass is 146 g/mol. The van der Waals surface area contributed by atoms with Gasteiger partial charge in [-0.05, 0) is 0 Å². The van der Waals surface area contributed by atoms with Crippen LogP contribution < -0.4 is 0 Å². The van der Waals surface area contributed by atoms with Crippen LogP contribution in [0.2, 0.25) is 0 Å². The SMILES string of the molecule is OC(O)C(O)C(F)(F)F. The van der Waals surface area contributed by atoms with Crippen molar-refractivity contribution in [3.63, 3.8) is 0 Å². The van der Waals surface area contributed by atoms with Crippen LogP contribution in [0.3, 0.4) is 0 Å². The number of alkyl halides is 3. The molecule has 0 aromatic carbocycles. The summed E-state index contributed by atoms with van der Waals surface area (Å²) < 4.78 is 33.4. The van der Waals surface area contributed by atoms with E-state index in [2.05, 4.69) is 0 Å². The highest BCUT2D eigenvalue weighted by atomic mass is 19.4. The van der Waals surface area contributed by atoms with Gasteiger partial charge in [0.1, 0.15) is 0 Å². The third-order valence-corrected chi connectivity index (χ3v) is 0.618. The largest absolute Gasteiger partial charge is 0.419 e. The van der Waals surface area contributed by atoms with Gasteiger partial charge in [0, 0.05) is 0 Å². The molecule has 56 valence electrons. The zero-order chi connectivity index (χ0) is 7.65. The summed E-state index contributed by atoms with van der Waals surface area (Å²) in [5.74, 6) is 0. The number of halogens is 3. The van der Waals surface area contributed by atoms with Crippen LogP contribution in [0.5, 0.6) is 0 Å². The van der Waals surface area contributed by atoms with E-state index in [1.165, 1.54) is 0 Å². The van der Waals surface area contributed by atoms with E-state index in [0.29, 0.717) is 0 Å². The molecule has 0 aliphatic heterocycles. The molecule has 0 amide bonds. The van der Waals surface area contributed by atoms with E-state index < -0.39 is 18.6 Å². The van der Waals surface area contributed by atoms with Gasteiger partial charge in [-0.3, -0.25) is 0 Å². The lowest BCUT2D eigenvalue weighted by molar-refractivity contribution is -0.266. The van der Waals surface area contributed by atoms with Crippen molar-refractivity contribution < 1.29 is 28.5 Å². The lowest BCUT2D eigenvalue weighted by Crippen LogP contribution is -2.39. The van der Waals surface area contributed by atoms with Gasteiger partial charge in [0.05, 0.1) is 0 Å². The molecule has 0 heterocycles. The topological polar surface area (TPSA) is 60.7 Å². The quantitative estimate of drug-likeness (QED) is 0.425. The molecular formula is C3H5F3O3. The van der Waals surface area contributed by atoms with Gasteiger partial charge >= 0.3 is 6.18 Å². The molecule has 0 fully saturated rings. The van der Waals surface area contributed by atoms with Crippen molar-refractivity contribution in [2.24, 2.45) is 0 Å². The third-order valence-electron chi connectivity index (χ3n) is 0.618. The molecular weight excluding hydrogens is 141 g/mol. The second kappa shape index (κ2) is 2.51. The van der Waals surface area contributed by atoms with Crippen molar-refractivity contribution >= 4 is 0 Å². The average molecular weight is 146 g/mol. The second-order valence-electron chi connectivity index (χ2n) is 1.40. The molecule has 0 spiro atoms. The Morgan fingerprint density at radius 1 is 1.00 bits per heavy atom. The summed E-state index contributed by atoms with van der Waals surface area (Å²) in [6.07, 6.45) is -10.8. The Labute approximate surface area is 48.3 Å². The molecule has 6 heteroatoms. The molecule has 0 aromatic heterocycles. The Hall–Kier alpha value is -0.330. The molecule has 0 aromatic rings. The lowest BCUT2D eigenvalue weighted by Gasteiger charge is -2.14. The van der Waals surface area contributed by atoms with E-state index in [-0.39, 0.29) is 0 Å². The first kappa shape index (κ1) is 8.67. The molecule has 0 saturated heterocycles. The number of hydrogen-bond donors (Lipinski definition) is 3. The van der Waals surface area contributed by atoms with Crippen LogP contribution in [0.25, 0.3) is 0 Å². The van der Waals surface area contributed by atoms with Crippen LogP contribution in [0.15, 0.2) is 0 Å². The van der Waals surface area contributed by atoms with Crippen LogP contribution in [0.1, 0.15) is 0 Å². The van der Waals surface area contributed by atoms with E-state index >= 15 is 0 Å². The van der Waals surface area contributed by atoms with Crippen LogP contribution in [-0.2, 0) is 0 Å². The van der Waals surface area contributed by atoms with Crippen molar-refractivity contribution in [3.8, 4) is 0 Å². The van der Waals surface area contributed by atoms with Crippen molar-refractivity contribution in [1.82, 2.24) is 0 Å². The van der Waals surface area contributed by atoms with Gasteiger partial charge in [-0.25, -0.2) is 0 Å². The Balaban J connectivity index is 3.88. The summed E-state index contributed by atoms with van der Waals surface area (Å²) in [5.41, 5.74) is 0. The molecule has 0 aliphatic carbocycles. The van der Waals surface area contributed by atoms with Crippen molar-refractivity contribution in [2.45, 2.75) is 18.6 Å². The van der Waals surface area contributed by atoms with Crippen LogP contribution in [0, 0.1) is 0 Å². The van der Waals surface area contributed by atoms with Gasteiger partial charge in [-0.15, -0.1) is 0 Å². The first-order valence-corrected chi connectivity index (χ1v) is 1.96. The second-order valence-corrected chi connectivity index (χ2v) is 1.40. The highest BCUT2D eigenvalue weighted by Gasteiger charge is 2.42. The minimum atomic E-state index is -4.96. The molecule has 0 saturated carbocycles. The highest BCUT2D eigenvalue weighted by molar-refractivity contribution is 4.65. The van der Waals surface area contributed by atoms with Crippen molar-refractivity contribution in [2.75, 3.05) is 0 Å². The van der Waals surface area contributed by atoms with Crippen molar-refractivity contribution in [3.05, 3.63) is 0 Å². The van der Waals surface area contributed by atoms with Gasteiger partial charge in [0.15, 0.2) is 6.29 Å². The Bertz CT molecular complexity index is 88.8. The minimum Gasteiger partial charge on any atom is -0.380 e. The summed E-state index contributed by atoms with van der Waals surface area (Å²) in [7, 11) is 0. The molecule has 3 N–H and O–H groups in total. The molecule has 3 nitrogen and oxygen atoms in total. The third kappa shape index (κ3) is 2.64. The molecule has 1 atom stereocenters. The Kier molecular flexibility index (Phi) is 2.41. The zero-order valence-electron chi connectivity index (χ0n) is 4.13. The maximum atomic E-state index is 11.1. The molecule has 0 bridgehead atoms. The molecule has 0 radical (unpaired) electrons. The molecule has 0 rings (SSSR count). The molecule has 9 heavy (non-hydrogen) atoms. The van der Waals surface area contributed by atoms with E-state index in [0.717, 1.165) is 0 Å². The van der Waals surface area contributed by atoms with Gasteiger partial charge < -0.3 is 15.3 Å². The van der Waals surface area contributed by atoms with E-state index in [9.17, 15) is 13.2 Å². The Morgan fingerprint density at radius 3 is 1.33 bits per heavy atom. The first-order chi connectivity index (χ1) is 3.85. The maximum Gasteiger partial charge on any atom is 0.419 e. The number of rotatable bonds is 1. The van der Waals surface area contributed by atoms with E-state index in [1.807, 2.05) is 0 Å². The fourth-order valence-electron chi connectivity index (χ4n) is 0.169. The average Bonchev–Trinajstić information content (AvgIpc) is 1.62. The predicted molar refractivity (Wildman–Crippen MR) is 20.3 cm³/mol. The number of aliphatic hydroxyl groups is 3. The number of aliphatic hydroxyl groups excluding tert-OH is 2. The smallest absolute Gasteiger partial charge is 0.380 e. The van der Waals surface area contributed by atoms with E-state index in [1.54, 1.807) is 0 Å². The van der Waals surface area contributed by atoms with Gasteiger partial charge in [0.25, 0.3) is 0 Å². The molecule has 0 aliphatic rings. The zero-order valence-corrected chi connectivity index (χ0v) is 4.13. The van der Waals surface area contributed by atoms with E-state index in [4.69, 9.17) is 15.3 Å². The summed E-state index contributed by atoms with van der Waals surface area (Å²) in [4.78, 5) is 0. The number of hydrogen-bond acceptors (Lipinski definition) is 3. The fourth-order valence-corrected chi connectivity index (χ4v) is 0.169. The summed E-state index contributed by atoms with van der Waals surface area (Å²) >= 11 is 0. The van der Waals surface area contributed by atoms with Gasteiger partial charge in [-0.2, -0.15) is 13.2 Å². The highest BCUT2D eigenvalue weighted by Crippen LogP contribution is 2.21. The first-order valence-electron chi connectivity index (χ1n) is 1.96. The van der Waals surface area contributed by atoms with Crippen molar-refractivity contribution in [1.29, 1.82) is 0 Å². The maximum absolute atomic E-state index is 11.1. The lowest BCUT2D eigenvalue weighted by atomic mass is 10.3. The summed E-state index contributed by atoms with van der Waals surface area (Å²) in [5, 5.41) is 23.3. The van der Waals surface area contributed by atoms with Crippen LogP contribution in [0.4, 0.5) is 13.2 Å². The summed E-state index contributed by atoms with van der Waals surface area (Å²) in [6.45, 7) is 0. The normalized spacial score (nSPS) is 16.3. The minimum absolute atomic E-state index is 2.76. The standard InChI is InChI=1S/C3H5F3O3/c4-3(5,6)1(7)2(8)9/h1-2,7-9H. The van der Waals surface area contributed by atoms with Crippen LogP contribution in [-0.4, -0.2) is 33.9 Å².